The highest BCUT2D eigenvalue weighted by Crippen LogP contribution is 2.15. The van der Waals surface area contributed by atoms with Gasteiger partial charge in [0.15, 0.2) is 0 Å². The first-order valence-electron chi connectivity index (χ1n) is 6.01. The van der Waals surface area contributed by atoms with Crippen molar-refractivity contribution in [3.63, 3.8) is 0 Å². The minimum atomic E-state index is -1.02. The third-order valence-electron chi connectivity index (χ3n) is 2.79. The molecule has 7 nitrogen and oxygen atoms in total. The number of rotatable bonds is 7. The number of hydrogen-bond donors (Lipinski definition) is 3. The highest BCUT2D eigenvalue weighted by atomic mass is 16.5. The molecule has 1 aliphatic heterocycles. The summed E-state index contributed by atoms with van der Waals surface area (Å²) < 4.78 is 10.0. The van der Waals surface area contributed by atoms with Gasteiger partial charge in [-0.25, -0.2) is 9.59 Å². The number of urea groups is 1. The van der Waals surface area contributed by atoms with Gasteiger partial charge in [-0.15, -0.1) is 0 Å². The summed E-state index contributed by atoms with van der Waals surface area (Å²) in [5.41, 5.74) is 0. The number of carboxylic acids is 1. The molecule has 1 aliphatic rings. The van der Waals surface area contributed by atoms with Crippen molar-refractivity contribution in [3.05, 3.63) is 0 Å². The zero-order valence-corrected chi connectivity index (χ0v) is 10.5. The molecule has 2 amide bonds. The van der Waals surface area contributed by atoms with Crippen LogP contribution in [0.4, 0.5) is 4.79 Å². The van der Waals surface area contributed by atoms with Gasteiger partial charge in [0.05, 0.1) is 13.2 Å². The van der Waals surface area contributed by atoms with E-state index in [1.54, 1.807) is 0 Å². The van der Waals surface area contributed by atoms with Crippen LogP contribution >= 0.6 is 0 Å². The molecule has 2 atom stereocenters. The molecule has 1 saturated heterocycles. The van der Waals surface area contributed by atoms with E-state index in [-0.39, 0.29) is 31.8 Å². The van der Waals surface area contributed by atoms with E-state index in [4.69, 9.17) is 14.6 Å². The third kappa shape index (κ3) is 5.83. The van der Waals surface area contributed by atoms with E-state index in [2.05, 4.69) is 10.6 Å². The van der Waals surface area contributed by atoms with Crippen LogP contribution in [-0.4, -0.2) is 56.1 Å². The summed E-state index contributed by atoms with van der Waals surface area (Å²) in [5.74, 6) is -0.659. The lowest BCUT2D eigenvalue weighted by atomic mass is 10.0. The molecule has 1 heterocycles. The predicted octanol–water partition coefficient (Wildman–Crippen LogP) is -0.188. The lowest BCUT2D eigenvalue weighted by molar-refractivity contribution is -0.142. The van der Waals surface area contributed by atoms with Crippen molar-refractivity contribution in [1.82, 2.24) is 10.6 Å². The van der Waals surface area contributed by atoms with Crippen LogP contribution in [0.25, 0.3) is 0 Å². The van der Waals surface area contributed by atoms with Crippen molar-refractivity contribution < 1.29 is 24.2 Å². The number of carbonyl (C=O) groups is 2. The fourth-order valence-corrected chi connectivity index (χ4v) is 1.72. The molecule has 0 spiro atoms. The summed E-state index contributed by atoms with van der Waals surface area (Å²) in [6.07, 6.45) is 0.961. The Kier molecular flexibility index (Phi) is 6.45. The number of amides is 2. The van der Waals surface area contributed by atoms with Crippen molar-refractivity contribution in [2.75, 3.05) is 33.0 Å². The van der Waals surface area contributed by atoms with E-state index >= 15 is 0 Å². The summed E-state index contributed by atoms with van der Waals surface area (Å²) in [4.78, 5) is 21.6. The highest BCUT2D eigenvalue weighted by Gasteiger charge is 2.23. The minimum absolute atomic E-state index is 0.0624. The summed E-state index contributed by atoms with van der Waals surface area (Å²) in [6.45, 7) is 3.50. The van der Waals surface area contributed by atoms with Crippen LogP contribution in [-0.2, 0) is 14.3 Å². The fourth-order valence-electron chi connectivity index (χ4n) is 1.72. The van der Waals surface area contributed by atoms with Crippen LogP contribution in [0.2, 0.25) is 0 Å². The van der Waals surface area contributed by atoms with Crippen LogP contribution in [0.15, 0.2) is 0 Å². The van der Waals surface area contributed by atoms with Gasteiger partial charge in [0.2, 0.25) is 0 Å². The van der Waals surface area contributed by atoms with Gasteiger partial charge >= 0.3 is 12.0 Å². The average Bonchev–Trinajstić information content (AvgIpc) is 2.81. The Morgan fingerprint density at radius 2 is 2.33 bits per heavy atom. The van der Waals surface area contributed by atoms with Gasteiger partial charge in [-0.05, 0) is 13.3 Å². The first-order valence-corrected chi connectivity index (χ1v) is 6.01. The summed E-state index contributed by atoms with van der Waals surface area (Å²) in [7, 11) is 0. The quantitative estimate of drug-likeness (QED) is 0.551. The van der Waals surface area contributed by atoms with Crippen molar-refractivity contribution in [2.24, 2.45) is 5.92 Å². The maximum atomic E-state index is 11.5. The Labute approximate surface area is 106 Å². The van der Waals surface area contributed by atoms with E-state index in [0.717, 1.165) is 13.0 Å². The second-order valence-corrected chi connectivity index (χ2v) is 4.26. The fraction of sp³-hybridized carbons (Fsp3) is 0.818. The molecule has 0 radical (unpaired) electrons. The maximum Gasteiger partial charge on any atom is 0.329 e. The molecule has 0 aromatic heterocycles. The number of carboxylic acid groups (broad SMARTS) is 1. The molecule has 0 bridgehead atoms. The van der Waals surface area contributed by atoms with Crippen LogP contribution in [0.1, 0.15) is 13.3 Å². The van der Waals surface area contributed by atoms with Crippen molar-refractivity contribution >= 4 is 12.0 Å². The molecule has 0 aromatic rings. The number of ether oxygens (including phenoxy) is 2. The van der Waals surface area contributed by atoms with Crippen molar-refractivity contribution in [1.29, 1.82) is 0 Å². The Balaban J connectivity index is 2.04. The maximum absolute atomic E-state index is 11.5. The molecule has 3 N–H and O–H groups in total. The molecule has 0 saturated carbocycles. The number of nitrogens with one attached hydrogen (secondary N) is 2. The number of carbonyl (C=O) groups excluding carboxylic acids is 1. The van der Waals surface area contributed by atoms with Crippen LogP contribution in [0.3, 0.4) is 0 Å². The second-order valence-electron chi connectivity index (χ2n) is 4.26. The van der Waals surface area contributed by atoms with E-state index in [1.807, 2.05) is 6.92 Å². The van der Waals surface area contributed by atoms with Gasteiger partial charge in [0, 0.05) is 25.1 Å². The Bertz CT molecular complexity index is 279. The summed E-state index contributed by atoms with van der Waals surface area (Å²) in [5, 5.41) is 13.7. The van der Waals surface area contributed by atoms with Gasteiger partial charge in [0.1, 0.15) is 6.61 Å². The molecule has 0 aliphatic carbocycles. The van der Waals surface area contributed by atoms with E-state index in [0.29, 0.717) is 12.5 Å². The molecular formula is C11H20N2O5. The van der Waals surface area contributed by atoms with Crippen molar-refractivity contribution in [2.45, 2.75) is 19.4 Å². The van der Waals surface area contributed by atoms with Gasteiger partial charge in [0.25, 0.3) is 0 Å². The average molecular weight is 260 g/mol. The zero-order valence-electron chi connectivity index (χ0n) is 10.5. The minimum Gasteiger partial charge on any atom is -0.480 e. The number of hydrogen-bond acceptors (Lipinski definition) is 4. The van der Waals surface area contributed by atoms with Gasteiger partial charge in [-0.1, -0.05) is 0 Å². The largest absolute Gasteiger partial charge is 0.480 e. The normalized spacial score (nSPS) is 20.4. The molecule has 7 heteroatoms. The molecule has 104 valence electrons. The third-order valence-corrected chi connectivity index (χ3v) is 2.79. The molecule has 1 rings (SSSR count). The van der Waals surface area contributed by atoms with Crippen LogP contribution in [0, 0.1) is 5.92 Å². The molecule has 1 fully saturated rings. The van der Waals surface area contributed by atoms with Crippen molar-refractivity contribution in [3.8, 4) is 0 Å². The SMILES string of the molecule is CC(NC(=O)NCCOCC(=O)O)C1CCOC1. The van der Waals surface area contributed by atoms with Gasteiger partial charge < -0.3 is 25.2 Å². The molecular weight excluding hydrogens is 240 g/mol. The highest BCUT2D eigenvalue weighted by molar-refractivity contribution is 5.74. The van der Waals surface area contributed by atoms with E-state index < -0.39 is 5.97 Å². The Hall–Kier alpha value is -1.34. The first-order chi connectivity index (χ1) is 8.59. The molecule has 0 aromatic carbocycles. The smallest absolute Gasteiger partial charge is 0.329 e. The Morgan fingerprint density at radius 3 is 2.94 bits per heavy atom. The van der Waals surface area contributed by atoms with Gasteiger partial charge in [-0.3, -0.25) is 0 Å². The Morgan fingerprint density at radius 1 is 1.56 bits per heavy atom. The van der Waals surface area contributed by atoms with E-state index in [1.165, 1.54) is 0 Å². The molecule has 18 heavy (non-hydrogen) atoms. The van der Waals surface area contributed by atoms with Crippen LogP contribution in [0.5, 0.6) is 0 Å². The topological polar surface area (TPSA) is 96.9 Å². The van der Waals surface area contributed by atoms with Gasteiger partial charge in [-0.2, -0.15) is 0 Å². The first kappa shape index (κ1) is 14.7. The monoisotopic (exact) mass is 260 g/mol. The predicted molar refractivity (Wildman–Crippen MR) is 63.4 cm³/mol. The lowest BCUT2D eigenvalue weighted by Crippen LogP contribution is -2.45. The zero-order chi connectivity index (χ0) is 13.4. The molecule has 2 unspecified atom stereocenters. The lowest BCUT2D eigenvalue weighted by Gasteiger charge is -2.19. The standard InChI is InChI=1S/C11H20N2O5/c1-8(9-2-4-17-6-9)13-11(16)12-3-5-18-7-10(14)15/h8-9H,2-7H2,1H3,(H,14,15)(H2,12,13,16). The number of aliphatic carboxylic acids is 1. The van der Waals surface area contributed by atoms with Crippen LogP contribution < -0.4 is 10.6 Å². The summed E-state index contributed by atoms with van der Waals surface area (Å²) in [6, 6.07) is -0.208. The second kappa shape index (κ2) is 7.88. The van der Waals surface area contributed by atoms with E-state index in [9.17, 15) is 9.59 Å². The summed E-state index contributed by atoms with van der Waals surface area (Å²) >= 11 is 0.